The van der Waals surface area contributed by atoms with E-state index in [9.17, 15) is 10.2 Å². The lowest BCUT2D eigenvalue weighted by Crippen LogP contribution is -2.37. The van der Waals surface area contributed by atoms with Crippen molar-refractivity contribution in [1.82, 2.24) is 10.2 Å². The quantitative estimate of drug-likeness (QED) is 0.497. The smallest absolute Gasteiger partial charge is 0.178 e. The molecule has 1 atom stereocenters. The Hall–Kier alpha value is -1.69. The number of hydrogen-bond donors (Lipinski definition) is 3. The third-order valence-electron chi connectivity index (χ3n) is 4.95. The van der Waals surface area contributed by atoms with Gasteiger partial charge in [-0.1, -0.05) is 47.5 Å². The van der Waals surface area contributed by atoms with E-state index in [1.807, 2.05) is 11.0 Å². The van der Waals surface area contributed by atoms with Crippen LogP contribution >= 0.6 is 35.4 Å². The molecule has 2 aromatic carbocycles. The van der Waals surface area contributed by atoms with Gasteiger partial charge in [-0.3, -0.25) is 0 Å². The van der Waals surface area contributed by atoms with Gasteiger partial charge >= 0.3 is 0 Å². The molecule has 0 fully saturated rings. The van der Waals surface area contributed by atoms with E-state index >= 15 is 0 Å². The largest absolute Gasteiger partial charge is 0.503 e. The minimum atomic E-state index is -0.379. The number of hydrogen-bond acceptors (Lipinski definition) is 3. The molecule has 0 bridgehead atoms. The van der Waals surface area contributed by atoms with Gasteiger partial charge in [-0.05, 0) is 36.2 Å². The van der Waals surface area contributed by atoms with Crippen LogP contribution < -0.4 is 5.32 Å². The van der Waals surface area contributed by atoms with Crippen molar-refractivity contribution in [3.63, 3.8) is 0 Å². The number of rotatable bonds is 1. The van der Waals surface area contributed by atoms with Gasteiger partial charge in [0.2, 0.25) is 0 Å². The second-order valence-electron chi connectivity index (χ2n) is 6.38. The summed E-state index contributed by atoms with van der Waals surface area (Å²) in [4.78, 5) is 1.94. The van der Waals surface area contributed by atoms with Crippen molar-refractivity contribution >= 4 is 40.5 Å². The zero-order chi connectivity index (χ0) is 17.7. The van der Waals surface area contributed by atoms with Crippen LogP contribution in [-0.4, -0.2) is 20.2 Å². The van der Waals surface area contributed by atoms with Crippen LogP contribution in [0.15, 0.2) is 24.3 Å². The van der Waals surface area contributed by atoms with E-state index in [4.69, 9.17) is 35.4 Å². The third kappa shape index (κ3) is 2.71. The molecule has 4 nitrogen and oxygen atoms in total. The summed E-state index contributed by atoms with van der Waals surface area (Å²) in [6.45, 7) is 0.893. The maximum absolute atomic E-state index is 9.88. The summed E-state index contributed by atoms with van der Waals surface area (Å²) in [7, 11) is 0. The van der Waals surface area contributed by atoms with Crippen LogP contribution in [0.2, 0.25) is 10.0 Å². The van der Waals surface area contributed by atoms with E-state index in [-0.39, 0.29) is 27.6 Å². The average molecular weight is 395 g/mol. The first-order chi connectivity index (χ1) is 12.0. The molecule has 1 aliphatic carbocycles. The van der Waals surface area contributed by atoms with Gasteiger partial charge in [-0.15, -0.1) is 0 Å². The average Bonchev–Trinajstić information content (AvgIpc) is 3.23. The first kappa shape index (κ1) is 16.8. The van der Waals surface area contributed by atoms with E-state index in [1.54, 1.807) is 0 Å². The van der Waals surface area contributed by atoms with Crippen LogP contribution in [0.25, 0.3) is 0 Å². The molecule has 0 radical (unpaired) electrons. The normalized spacial score (nSPS) is 18.2. The summed E-state index contributed by atoms with van der Waals surface area (Å²) in [6.07, 6.45) is 2.04. The zero-order valence-corrected chi connectivity index (χ0v) is 15.5. The van der Waals surface area contributed by atoms with Crippen molar-refractivity contribution in [2.45, 2.75) is 32.0 Å². The molecule has 25 heavy (non-hydrogen) atoms. The van der Waals surface area contributed by atoms with Crippen LogP contribution in [0.3, 0.4) is 0 Å². The Morgan fingerprint density at radius 2 is 1.68 bits per heavy atom. The number of thiocarbonyl (C=S) groups is 1. The highest BCUT2D eigenvalue weighted by atomic mass is 35.5. The summed E-state index contributed by atoms with van der Waals surface area (Å²) in [5, 5.41) is 24.1. The van der Waals surface area contributed by atoms with Gasteiger partial charge in [0.15, 0.2) is 16.6 Å². The van der Waals surface area contributed by atoms with Gasteiger partial charge in [0, 0.05) is 24.2 Å². The fourth-order valence-electron chi connectivity index (χ4n) is 3.62. The predicted octanol–water partition coefficient (Wildman–Crippen LogP) is 4.28. The summed E-state index contributed by atoms with van der Waals surface area (Å²) in [5.41, 5.74) is 4.05. The third-order valence-corrected chi connectivity index (χ3v) is 6.14. The number of nitrogens with zero attached hydrogens (tertiary/aromatic N) is 1. The highest BCUT2D eigenvalue weighted by molar-refractivity contribution is 7.80. The number of aryl methyl sites for hydroxylation is 1. The predicted molar refractivity (Wildman–Crippen MR) is 102 cm³/mol. The van der Waals surface area contributed by atoms with Gasteiger partial charge in [0.25, 0.3) is 0 Å². The van der Waals surface area contributed by atoms with E-state index < -0.39 is 0 Å². The second-order valence-corrected chi connectivity index (χ2v) is 7.52. The zero-order valence-electron chi connectivity index (χ0n) is 13.2. The Balaban J connectivity index is 1.54. The van der Waals surface area contributed by atoms with Crippen molar-refractivity contribution in [2.75, 3.05) is 0 Å². The molecule has 3 N–H and O–H groups in total. The minimum Gasteiger partial charge on any atom is -0.503 e. The molecule has 7 heteroatoms. The molecule has 0 amide bonds. The van der Waals surface area contributed by atoms with Gasteiger partial charge < -0.3 is 20.4 Å². The molecule has 130 valence electrons. The molecule has 0 saturated heterocycles. The lowest BCUT2D eigenvalue weighted by molar-refractivity contribution is 0.403. The van der Waals surface area contributed by atoms with Crippen LogP contribution in [0, 0.1) is 0 Å². The first-order valence-corrected chi connectivity index (χ1v) is 9.17. The molecular weight excluding hydrogens is 379 g/mol. The Morgan fingerprint density at radius 1 is 1.08 bits per heavy atom. The molecule has 0 spiro atoms. The van der Waals surface area contributed by atoms with Crippen LogP contribution in [-0.2, 0) is 19.5 Å². The molecule has 2 aliphatic rings. The molecule has 4 rings (SSSR count). The van der Waals surface area contributed by atoms with Crippen molar-refractivity contribution in [3.05, 3.63) is 56.6 Å². The highest BCUT2D eigenvalue weighted by Crippen LogP contribution is 2.47. The number of benzene rings is 2. The number of halogens is 2. The van der Waals surface area contributed by atoms with Gasteiger partial charge in [-0.2, -0.15) is 0 Å². The van der Waals surface area contributed by atoms with E-state index in [0.717, 1.165) is 12.8 Å². The fraction of sp³-hybridized carbons (Fsp3) is 0.278. The standard InChI is InChI=1S/C18H16Cl2N2O2S/c19-14-11-7-22(8-12(11)15(20)17(24)16(14)23)18(25)21-13-6-5-9-3-1-2-4-10(9)13/h1-4,13,23-24H,5-8H2,(H,21,25)/t13-/m1/s1. The van der Waals surface area contributed by atoms with Crippen molar-refractivity contribution < 1.29 is 10.2 Å². The number of aromatic hydroxyl groups is 2. The first-order valence-electron chi connectivity index (χ1n) is 8.01. The number of fused-ring (bicyclic) bond motifs is 2. The summed E-state index contributed by atoms with van der Waals surface area (Å²) in [6, 6.07) is 8.57. The van der Waals surface area contributed by atoms with Crippen molar-refractivity contribution in [2.24, 2.45) is 0 Å². The number of phenolic OH excluding ortho intramolecular Hbond substituents is 2. The molecule has 1 aliphatic heterocycles. The lowest BCUT2D eigenvalue weighted by atomic mass is 10.1. The Morgan fingerprint density at radius 3 is 2.32 bits per heavy atom. The minimum absolute atomic E-state index is 0.133. The molecule has 2 aromatic rings. The van der Waals surface area contributed by atoms with Crippen LogP contribution in [0.4, 0.5) is 0 Å². The maximum Gasteiger partial charge on any atom is 0.178 e. The lowest BCUT2D eigenvalue weighted by Gasteiger charge is -2.24. The molecular formula is C18H16Cl2N2O2S. The SMILES string of the molecule is Oc1c(O)c(Cl)c2c(c1Cl)CN(C(=S)N[C@@H]1CCc3ccccc31)C2. The van der Waals surface area contributed by atoms with Crippen LogP contribution in [0.1, 0.15) is 34.7 Å². The van der Waals surface area contributed by atoms with Gasteiger partial charge in [0.1, 0.15) is 0 Å². The van der Waals surface area contributed by atoms with Gasteiger partial charge in [-0.25, -0.2) is 0 Å². The molecule has 0 unspecified atom stereocenters. The fourth-order valence-corrected chi connectivity index (χ4v) is 4.42. The molecule has 1 heterocycles. The number of nitrogens with one attached hydrogen (secondary N) is 1. The van der Waals surface area contributed by atoms with Crippen molar-refractivity contribution in [1.29, 1.82) is 0 Å². The summed E-state index contributed by atoms with van der Waals surface area (Å²) >= 11 is 17.9. The Kier molecular flexibility index (Phi) is 4.18. The summed E-state index contributed by atoms with van der Waals surface area (Å²) < 4.78 is 0. The summed E-state index contributed by atoms with van der Waals surface area (Å²) in [5.74, 6) is -0.758. The van der Waals surface area contributed by atoms with E-state index in [0.29, 0.717) is 29.3 Å². The second kappa shape index (κ2) is 6.24. The van der Waals surface area contributed by atoms with Crippen LogP contribution in [0.5, 0.6) is 11.5 Å². The molecule has 0 saturated carbocycles. The van der Waals surface area contributed by atoms with E-state index in [2.05, 4.69) is 23.5 Å². The topological polar surface area (TPSA) is 55.7 Å². The maximum atomic E-state index is 9.88. The Bertz CT molecular complexity index is 851. The molecule has 0 aromatic heterocycles. The van der Waals surface area contributed by atoms with Gasteiger partial charge in [0.05, 0.1) is 16.1 Å². The highest BCUT2D eigenvalue weighted by Gasteiger charge is 2.31. The number of phenols is 2. The van der Waals surface area contributed by atoms with Crippen molar-refractivity contribution in [3.8, 4) is 11.5 Å². The van der Waals surface area contributed by atoms with E-state index in [1.165, 1.54) is 11.1 Å². The Labute approximate surface area is 161 Å². The monoisotopic (exact) mass is 394 g/mol.